The van der Waals surface area contributed by atoms with Gasteiger partial charge in [-0.25, -0.2) is 4.79 Å². The molecule has 2 saturated heterocycles. The molecule has 0 spiro atoms. The van der Waals surface area contributed by atoms with Gasteiger partial charge in [0, 0.05) is 41.6 Å². The molecule has 2 aliphatic heterocycles. The van der Waals surface area contributed by atoms with E-state index in [1.54, 1.807) is 7.11 Å². The quantitative estimate of drug-likeness (QED) is 0.406. The molecule has 5 nitrogen and oxygen atoms in total. The molecule has 0 radical (unpaired) electrons. The SMILES string of the molecule is COc1ccc(C(C)(C)C2SCCS2)cc1CN[C@H]1CCCN(C(=O)OC(C)(C)C)[C@H]1c1ccccc1. The molecule has 2 aromatic carbocycles. The summed E-state index contributed by atoms with van der Waals surface area (Å²) in [7, 11) is 1.74. The summed E-state index contributed by atoms with van der Waals surface area (Å²) in [5.74, 6) is 3.34. The van der Waals surface area contributed by atoms with E-state index in [1.807, 2.05) is 43.9 Å². The molecule has 7 heteroatoms. The van der Waals surface area contributed by atoms with Gasteiger partial charge in [-0.3, -0.25) is 4.90 Å². The number of thioether (sulfide) groups is 2. The van der Waals surface area contributed by atoms with E-state index >= 15 is 0 Å². The van der Waals surface area contributed by atoms with E-state index in [0.717, 1.165) is 29.7 Å². The standard InChI is InChI=1S/C30H42N2O3S2/c1-29(2,3)35-28(33)32-16-10-13-24(26(32)21-11-8-7-9-12-21)31-20-22-19-23(14-15-25(22)34-6)30(4,5)27-36-17-18-37-27/h7-9,11-12,14-15,19,24,26-27,31H,10,13,16-18,20H2,1-6H3/t24-,26-/m0/s1. The molecule has 4 rings (SSSR count). The highest BCUT2D eigenvalue weighted by Gasteiger charge is 2.38. The molecule has 202 valence electrons. The van der Waals surface area contributed by atoms with Crippen LogP contribution in [0.15, 0.2) is 48.5 Å². The monoisotopic (exact) mass is 542 g/mol. The predicted molar refractivity (Wildman–Crippen MR) is 157 cm³/mol. The fourth-order valence-electron chi connectivity index (χ4n) is 5.27. The molecule has 2 heterocycles. The van der Waals surface area contributed by atoms with Crippen LogP contribution < -0.4 is 10.1 Å². The van der Waals surface area contributed by atoms with Crippen LogP contribution in [0.1, 0.15) is 70.2 Å². The van der Waals surface area contributed by atoms with Crippen molar-refractivity contribution < 1.29 is 14.3 Å². The molecular weight excluding hydrogens is 500 g/mol. The molecule has 1 N–H and O–H groups in total. The zero-order valence-electron chi connectivity index (χ0n) is 23.1. The van der Waals surface area contributed by atoms with Crippen molar-refractivity contribution in [1.29, 1.82) is 0 Å². The molecule has 0 saturated carbocycles. The summed E-state index contributed by atoms with van der Waals surface area (Å²) in [4.78, 5) is 15.2. The number of methoxy groups -OCH3 is 1. The summed E-state index contributed by atoms with van der Waals surface area (Å²) in [5.41, 5.74) is 3.16. The van der Waals surface area contributed by atoms with Gasteiger partial charge in [-0.2, -0.15) is 0 Å². The normalized spacial score (nSPS) is 21.2. The van der Waals surface area contributed by atoms with Gasteiger partial charge < -0.3 is 14.8 Å². The summed E-state index contributed by atoms with van der Waals surface area (Å²) in [6, 6.07) is 17.0. The predicted octanol–water partition coefficient (Wildman–Crippen LogP) is 7.01. The molecule has 0 aliphatic carbocycles. The Labute approximate surface area is 231 Å². The van der Waals surface area contributed by atoms with Crippen molar-refractivity contribution in [1.82, 2.24) is 10.2 Å². The third-order valence-corrected chi connectivity index (χ3v) is 10.9. The summed E-state index contributed by atoms with van der Waals surface area (Å²) in [6.07, 6.45) is 1.67. The number of amides is 1. The minimum atomic E-state index is -0.533. The van der Waals surface area contributed by atoms with Crippen LogP contribution >= 0.6 is 23.5 Å². The highest BCUT2D eigenvalue weighted by molar-refractivity contribution is 8.20. The van der Waals surface area contributed by atoms with Crippen molar-refractivity contribution in [3.63, 3.8) is 0 Å². The number of likely N-dealkylation sites (tertiary alicyclic amines) is 1. The minimum Gasteiger partial charge on any atom is -0.496 e. The molecule has 37 heavy (non-hydrogen) atoms. The van der Waals surface area contributed by atoms with Crippen LogP contribution in [0.3, 0.4) is 0 Å². The van der Waals surface area contributed by atoms with Gasteiger partial charge in [-0.05, 0) is 50.8 Å². The van der Waals surface area contributed by atoms with Crippen molar-refractivity contribution in [2.75, 3.05) is 25.2 Å². The lowest BCUT2D eigenvalue weighted by molar-refractivity contribution is 0.00380. The molecule has 0 aromatic heterocycles. The Morgan fingerprint density at radius 1 is 1.05 bits per heavy atom. The number of rotatable bonds is 7. The molecule has 2 atom stereocenters. The second-order valence-electron chi connectivity index (χ2n) is 11.5. The number of nitrogens with zero attached hydrogens (tertiary/aromatic N) is 1. The first-order valence-electron chi connectivity index (χ1n) is 13.3. The Morgan fingerprint density at radius 2 is 1.76 bits per heavy atom. The van der Waals surface area contributed by atoms with Crippen molar-refractivity contribution >= 4 is 29.6 Å². The Balaban J connectivity index is 1.58. The largest absolute Gasteiger partial charge is 0.496 e. The van der Waals surface area contributed by atoms with Crippen molar-refractivity contribution in [3.05, 3.63) is 65.2 Å². The van der Waals surface area contributed by atoms with Crippen LogP contribution in [0.25, 0.3) is 0 Å². The van der Waals surface area contributed by atoms with Crippen molar-refractivity contribution in [2.24, 2.45) is 0 Å². The summed E-state index contributed by atoms with van der Waals surface area (Å²) in [5, 5.41) is 3.82. The van der Waals surface area contributed by atoms with Crippen LogP contribution in [0, 0.1) is 0 Å². The Kier molecular flexibility index (Phi) is 9.08. The Morgan fingerprint density at radius 3 is 2.41 bits per heavy atom. The maximum Gasteiger partial charge on any atom is 0.410 e. The van der Waals surface area contributed by atoms with E-state index in [2.05, 4.69) is 73.0 Å². The van der Waals surface area contributed by atoms with E-state index in [0.29, 0.717) is 17.7 Å². The number of hydrogen-bond donors (Lipinski definition) is 1. The second-order valence-corrected chi connectivity index (χ2v) is 14.2. The highest BCUT2D eigenvalue weighted by Crippen LogP contribution is 2.46. The average molecular weight is 543 g/mol. The lowest BCUT2D eigenvalue weighted by Crippen LogP contribution is -2.51. The van der Waals surface area contributed by atoms with Gasteiger partial charge >= 0.3 is 6.09 Å². The Bertz CT molecular complexity index is 1050. The zero-order chi connectivity index (χ0) is 26.6. The molecule has 1 amide bonds. The van der Waals surface area contributed by atoms with Crippen LogP contribution in [0.5, 0.6) is 5.75 Å². The first kappa shape index (κ1) is 28.2. The number of benzene rings is 2. The molecule has 2 aliphatic rings. The van der Waals surface area contributed by atoms with E-state index < -0.39 is 5.60 Å². The van der Waals surface area contributed by atoms with Gasteiger partial charge in [-0.1, -0.05) is 56.3 Å². The van der Waals surface area contributed by atoms with E-state index in [1.165, 1.54) is 17.1 Å². The minimum absolute atomic E-state index is 0.0672. The molecule has 0 bridgehead atoms. The van der Waals surface area contributed by atoms with Crippen LogP contribution in [0.4, 0.5) is 4.79 Å². The van der Waals surface area contributed by atoms with Crippen molar-refractivity contribution in [3.8, 4) is 5.75 Å². The van der Waals surface area contributed by atoms with Gasteiger partial charge in [0.2, 0.25) is 0 Å². The second kappa shape index (κ2) is 11.9. The first-order chi connectivity index (χ1) is 17.6. The number of carbonyl (C=O) groups excluding carboxylic acids is 1. The van der Waals surface area contributed by atoms with Crippen molar-refractivity contribution in [2.45, 2.75) is 81.7 Å². The summed E-state index contributed by atoms with van der Waals surface area (Å²) < 4.78 is 12.1. The number of carbonyl (C=O) groups is 1. The van der Waals surface area contributed by atoms with Gasteiger partial charge in [-0.15, -0.1) is 23.5 Å². The fraction of sp³-hybridized carbons (Fsp3) is 0.567. The van der Waals surface area contributed by atoms with E-state index in [9.17, 15) is 4.79 Å². The number of piperidine rings is 1. The van der Waals surface area contributed by atoms with Crippen LogP contribution in [-0.4, -0.2) is 52.4 Å². The van der Waals surface area contributed by atoms with E-state index in [4.69, 9.17) is 9.47 Å². The van der Waals surface area contributed by atoms with Crippen LogP contribution in [-0.2, 0) is 16.7 Å². The third-order valence-electron chi connectivity index (χ3n) is 7.19. The summed E-state index contributed by atoms with van der Waals surface area (Å²) >= 11 is 4.13. The third kappa shape index (κ3) is 6.79. The lowest BCUT2D eigenvalue weighted by Gasteiger charge is -2.42. The lowest BCUT2D eigenvalue weighted by atomic mass is 9.85. The van der Waals surface area contributed by atoms with Crippen LogP contribution in [0.2, 0.25) is 0 Å². The molecule has 2 fully saturated rings. The number of hydrogen-bond acceptors (Lipinski definition) is 6. The zero-order valence-corrected chi connectivity index (χ0v) is 24.7. The topological polar surface area (TPSA) is 50.8 Å². The molecule has 0 unspecified atom stereocenters. The summed E-state index contributed by atoms with van der Waals surface area (Å²) in [6.45, 7) is 11.8. The Hall–Kier alpha value is -1.83. The average Bonchev–Trinajstić information content (AvgIpc) is 3.42. The molecule has 2 aromatic rings. The fourth-order valence-corrected chi connectivity index (χ4v) is 8.53. The van der Waals surface area contributed by atoms with Gasteiger partial charge in [0.05, 0.1) is 17.7 Å². The number of nitrogens with one attached hydrogen (secondary N) is 1. The smallest absolute Gasteiger partial charge is 0.410 e. The number of ether oxygens (including phenoxy) is 2. The van der Waals surface area contributed by atoms with E-state index in [-0.39, 0.29) is 23.6 Å². The maximum absolute atomic E-state index is 13.3. The molecular formula is C30H42N2O3S2. The maximum atomic E-state index is 13.3. The van der Waals surface area contributed by atoms with Gasteiger partial charge in [0.25, 0.3) is 0 Å². The van der Waals surface area contributed by atoms with Gasteiger partial charge in [0.1, 0.15) is 11.4 Å². The first-order valence-corrected chi connectivity index (χ1v) is 15.4. The van der Waals surface area contributed by atoms with Gasteiger partial charge in [0.15, 0.2) is 0 Å². The highest BCUT2D eigenvalue weighted by atomic mass is 32.2.